The Kier molecular flexibility index (Phi) is 6.94. The lowest BCUT2D eigenvalue weighted by atomic mass is 10.1. The molecule has 7 nitrogen and oxygen atoms in total. The number of rotatable bonds is 6. The molecule has 0 aliphatic carbocycles. The van der Waals surface area contributed by atoms with Gasteiger partial charge in [-0.3, -0.25) is 9.59 Å². The normalized spacial score (nSPS) is 11.1. The standard InChI is InChI=1S/C17H17Cl2N5O2/c1-21-15(25)9-24-17(26)12(6-20)16-22-7-11(8-23-16)4-10-2-3-13(18)14(19)5-10/h2-3,5-8H,4,9,20H2,1H3,(H,21,25)(H,24,26)/b12-6+. The van der Waals surface area contributed by atoms with Crippen molar-refractivity contribution in [1.29, 1.82) is 0 Å². The van der Waals surface area contributed by atoms with Crippen LogP contribution in [0, 0.1) is 0 Å². The fraction of sp³-hybridized carbons (Fsp3) is 0.176. The molecule has 0 atom stereocenters. The smallest absolute Gasteiger partial charge is 0.257 e. The molecule has 1 aromatic heterocycles. The van der Waals surface area contributed by atoms with Crippen molar-refractivity contribution in [2.75, 3.05) is 13.6 Å². The number of halogens is 2. The number of likely N-dealkylation sites (N-methyl/N-ethyl adjacent to an activating group) is 1. The van der Waals surface area contributed by atoms with Crippen LogP contribution in [-0.4, -0.2) is 35.4 Å². The van der Waals surface area contributed by atoms with Gasteiger partial charge in [-0.1, -0.05) is 29.3 Å². The van der Waals surface area contributed by atoms with Crippen LogP contribution in [0.2, 0.25) is 10.0 Å². The summed E-state index contributed by atoms with van der Waals surface area (Å²) >= 11 is 11.9. The molecule has 0 saturated carbocycles. The monoisotopic (exact) mass is 393 g/mol. The molecule has 4 N–H and O–H groups in total. The average molecular weight is 394 g/mol. The molecular formula is C17H17Cl2N5O2. The van der Waals surface area contributed by atoms with Crippen molar-refractivity contribution in [2.24, 2.45) is 5.73 Å². The minimum absolute atomic E-state index is 0.0787. The summed E-state index contributed by atoms with van der Waals surface area (Å²) in [5, 5.41) is 5.81. The van der Waals surface area contributed by atoms with Gasteiger partial charge < -0.3 is 16.4 Å². The van der Waals surface area contributed by atoms with Crippen LogP contribution in [0.4, 0.5) is 0 Å². The van der Waals surface area contributed by atoms with E-state index in [1.54, 1.807) is 24.5 Å². The third-order valence-electron chi connectivity index (χ3n) is 3.44. The van der Waals surface area contributed by atoms with Crippen LogP contribution in [0.15, 0.2) is 36.8 Å². The molecule has 2 rings (SSSR count). The molecular weight excluding hydrogens is 377 g/mol. The van der Waals surface area contributed by atoms with Gasteiger partial charge in [0, 0.05) is 32.1 Å². The molecule has 1 heterocycles. The molecule has 2 aromatic rings. The van der Waals surface area contributed by atoms with Gasteiger partial charge in [0.15, 0.2) is 5.82 Å². The third kappa shape index (κ3) is 5.18. The molecule has 0 radical (unpaired) electrons. The van der Waals surface area contributed by atoms with E-state index < -0.39 is 5.91 Å². The van der Waals surface area contributed by atoms with E-state index in [1.807, 2.05) is 6.07 Å². The van der Waals surface area contributed by atoms with Crippen LogP contribution in [0.25, 0.3) is 5.57 Å². The lowest BCUT2D eigenvalue weighted by molar-refractivity contribution is -0.123. The number of benzene rings is 1. The number of carbonyl (C=O) groups is 2. The van der Waals surface area contributed by atoms with Crippen LogP contribution < -0.4 is 16.4 Å². The first-order valence-electron chi connectivity index (χ1n) is 7.60. The summed E-state index contributed by atoms with van der Waals surface area (Å²) in [4.78, 5) is 31.6. The van der Waals surface area contributed by atoms with E-state index >= 15 is 0 Å². The minimum atomic E-state index is -0.534. The Hall–Kier alpha value is -2.64. The number of hydrogen-bond acceptors (Lipinski definition) is 5. The Bertz CT molecular complexity index is 838. The molecule has 2 amide bonds. The van der Waals surface area contributed by atoms with Gasteiger partial charge >= 0.3 is 0 Å². The summed E-state index contributed by atoms with van der Waals surface area (Å²) in [7, 11) is 1.48. The summed E-state index contributed by atoms with van der Waals surface area (Å²) in [6.07, 6.45) is 4.86. The number of nitrogens with one attached hydrogen (secondary N) is 2. The quantitative estimate of drug-likeness (QED) is 0.644. The average Bonchev–Trinajstić information content (AvgIpc) is 2.64. The zero-order valence-electron chi connectivity index (χ0n) is 13.9. The highest BCUT2D eigenvalue weighted by Crippen LogP contribution is 2.23. The SMILES string of the molecule is CNC(=O)CNC(=O)/C(=C/N)c1ncc(Cc2ccc(Cl)c(Cl)c2)cn1. The summed E-state index contributed by atoms with van der Waals surface area (Å²) < 4.78 is 0. The van der Waals surface area contributed by atoms with Gasteiger partial charge in [0.05, 0.1) is 22.2 Å². The van der Waals surface area contributed by atoms with Gasteiger partial charge in [-0.05, 0) is 23.3 Å². The lowest BCUT2D eigenvalue weighted by Crippen LogP contribution is -2.36. The summed E-state index contributed by atoms with van der Waals surface area (Å²) in [5.74, 6) is -0.694. The Morgan fingerprint density at radius 3 is 2.42 bits per heavy atom. The first kappa shape index (κ1) is 19.7. The van der Waals surface area contributed by atoms with E-state index in [0.717, 1.165) is 17.3 Å². The van der Waals surface area contributed by atoms with Crippen molar-refractivity contribution in [3.8, 4) is 0 Å². The maximum absolute atomic E-state index is 12.1. The molecule has 0 fully saturated rings. The Balaban J connectivity index is 2.08. The van der Waals surface area contributed by atoms with E-state index in [9.17, 15) is 9.59 Å². The van der Waals surface area contributed by atoms with Gasteiger partial charge in [-0.15, -0.1) is 0 Å². The molecule has 0 aliphatic rings. The van der Waals surface area contributed by atoms with E-state index in [-0.39, 0.29) is 23.8 Å². The molecule has 1 aromatic carbocycles. The zero-order valence-corrected chi connectivity index (χ0v) is 15.4. The van der Waals surface area contributed by atoms with E-state index in [4.69, 9.17) is 28.9 Å². The number of aromatic nitrogens is 2. The molecule has 26 heavy (non-hydrogen) atoms. The van der Waals surface area contributed by atoms with Gasteiger partial charge in [-0.25, -0.2) is 9.97 Å². The largest absolute Gasteiger partial charge is 0.404 e. The summed E-state index contributed by atoms with van der Waals surface area (Å²) in [6, 6.07) is 5.36. The zero-order chi connectivity index (χ0) is 19.1. The Labute approximate surface area is 160 Å². The van der Waals surface area contributed by atoms with Crippen LogP contribution in [-0.2, 0) is 16.0 Å². The Morgan fingerprint density at radius 1 is 1.15 bits per heavy atom. The molecule has 0 unspecified atom stereocenters. The van der Waals surface area contributed by atoms with Crippen molar-refractivity contribution >= 4 is 40.6 Å². The van der Waals surface area contributed by atoms with E-state index in [0.29, 0.717) is 16.5 Å². The second kappa shape index (κ2) is 9.17. The molecule has 9 heteroatoms. The lowest BCUT2D eigenvalue weighted by Gasteiger charge is -2.08. The predicted molar refractivity (Wildman–Crippen MR) is 101 cm³/mol. The van der Waals surface area contributed by atoms with Gasteiger partial charge in [0.2, 0.25) is 5.91 Å². The van der Waals surface area contributed by atoms with Gasteiger partial charge in [0.1, 0.15) is 0 Å². The summed E-state index contributed by atoms with van der Waals surface area (Å²) in [6.45, 7) is -0.165. The summed E-state index contributed by atoms with van der Waals surface area (Å²) in [5.41, 5.74) is 7.37. The third-order valence-corrected chi connectivity index (χ3v) is 4.18. The molecule has 136 valence electrons. The van der Waals surface area contributed by atoms with Gasteiger partial charge in [0.25, 0.3) is 5.91 Å². The van der Waals surface area contributed by atoms with Gasteiger partial charge in [-0.2, -0.15) is 0 Å². The van der Waals surface area contributed by atoms with Crippen molar-refractivity contribution in [1.82, 2.24) is 20.6 Å². The highest BCUT2D eigenvalue weighted by molar-refractivity contribution is 6.42. The number of carbonyl (C=O) groups excluding carboxylic acids is 2. The van der Waals surface area contributed by atoms with Crippen LogP contribution >= 0.6 is 23.2 Å². The second-order valence-corrected chi connectivity index (χ2v) is 6.09. The van der Waals surface area contributed by atoms with Crippen LogP contribution in [0.3, 0.4) is 0 Å². The molecule has 0 bridgehead atoms. The molecule has 0 saturated heterocycles. The first-order valence-corrected chi connectivity index (χ1v) is 8.36. The van der Waals surface area contributed by atoms with E-state index in [1.165, 1.54) is 7.05 Å². The Morgan fingerprint density at radius 2 is 1.85 bits per heavy atom. The van der Waals surface area contributed by atoms with Crippen LogP contribution in [0.5, 0.6) is 0 Å². The highest BCUT2D eigenvalue weighted by atomic mass is 35.5. The number of amides is 2. The second-order valence-electron chi connectivity index (χ2n) is 5.28. The maximum Gasteiger partial charge on any atom is 0.257 e. The van der Waals surface area contributed by atoms with Crippen molar-refractivity contribution in [3.05, 3.63) is 63.8 Å². The molecule has 0 aliphatic heterocycles. The maximum atomic E-state index is 12.1. The topological polar surface area (TPSA) is 110 Å². The number of hydrogen-bond donors (Lipinski definition) is 3. The fourth-order valence-electron chi connectivity index (χ4n) is 2.07. The van der Waals surface area contributed by atoms with E-state index in [2.05, 4.69) is 20.6 Å². The van der Waals surface area contributed by atoms with Crippen molar-refractivity contribution < 1.29 is 9.59 Å². The van der Waals surface area contributed by atoms with Crippen molar-refractivity contribution in [2.45, 2.75) is 6.42 Å². The number of nitrogens with two attached hydrogens (primary N) is 1. The first-order chi connectivity index (χ1) is 12.4. The number of nitrogens with zero attached hydrogens (tertiary/aromatic N) is 2. The highest BCUT2D eigenvalue weighted by Gasteiger charge is 2.15. The molecule has 0 spiro atoms. The predicted octanol–water partition coefficient (Wildman–Crippen LogP) is 1.54. The van der Waals surface area contributed by atoms with Crippen LogP contribution in [0.1, 0.15) is 17.0 Å². The fourth-order valence-corrected chi connectivity index (χ4v) is 2.39. The minimum Gasteiger partial charge on any atom is -0.404 e. The van der Waals surface area contributed by atoms with Crippen molar-refractivity contribution in [3.63, 3.8) is 0 Å².